The van der Waals surface area contributed by atoms with Crippen LogP contribution in [0.3, 0.4) is 0 Å². The second-order valence-corrected chi connectivity index (χ2v) is 10.7. The van der Waals surface area contributed by atoms with Gasteiger partial charge in [0.25, 0.3) is 0 Å². The number of alkyl halides is 3. The number of hydrogen-bond donors (Lipinski definition) is 0. The molecular weight excluding hydrogens is 449 g/mol. The molecule has 2 bridgehead atoms. The number of nitrogens with zero attached hydrogens (tertiary/aromatic N) is 4. The molecule has 1 aliphatic carbocycles. The topological polar surface area (TPSA) is 67.8 Å². The van der Waals surface area contributed by atoms with Crippen molar-refractivity contribution in [2.24, 2.45) is 17.3 Å². The van der Waals surface area contributed by atoms with Crippen LogP contribution in [0.1, 0.15) is 51.1 Å². The highest BCUT2D eigenvalue weighted by Gasteiger charge is 2.52. The Bertz CT molecular complexity index is 916. The van der Waals surface area contributed by atoms with E-state index in [0.717, 1.165) is 51.3 Å². The quantitative estimate of drug-likeness (QED) is 0.640. The maximum Gasteiger partial charge on any atom is 0.434 e. The van der Waals surface area contributed by atoms with Gasteiger partial charge in [-0.1, -0.05) is 6.92 Å². The molecule has 1 aromatic heterocycles. The minimum atomic E-state index is -4.52. The summed E-state index contributed by atoms with van der Waals surface area (Å²) in [5, 5.41) is 0. The highest BCUT2D eigenvalue weighted by Crippen LogP contribution is 2.48. The number of fused-ring (bicyclic) bond motifs is 2. The molecule has 34 heavy (non-hydrogen) atoms. The molecule has 7 nitrogen and oxygen atoms in total. The van der Waals surface area contributed by atoms with Crippen molar-refractivity contribution in [1.29, 1.82) is 0 Å². The Morgan fingerprint density at radius 2 is 2.09 bits per heavy atom. The third kappa shape index (κ3) is 4.39. The average Bonchev–Trinajstić information content (AvgIpc) is 3.53. The standard InChI is InChI=1S/C24H33F3N4O3/c1-23(5-3-15(9-23)7-16-4-6-34-14-19(16)33-2)22(32)31-13-17-8-18(31)12-30(17)21-11-28-10-20(29-21)24(25,26)27/h10-11,15-19H,3-9,12-14H2,1-2H3/t15-,16+,17+,18+,19+,23-/m0/s1. The van der Waals surface area contributed by atoms with Crippen LogP contribution < -0.4 is 4.90 Å². The van der Waals surface area contributed by atoms with Gasteiger partial charge in [-0.05, 0) is 50.4 Å². The van der Waals surface area contributed by atoms with Crippen LogP contribution in [-0.2, 0) is 20.4 Å². The van der Waals surface area contributed by atoms with E-state index in [0.29, 0.717) is 31.5 Å². The lowest BCUT2D eigenvalue weighted by Crippen LogP contribution is -2.52. The van der Waals surface area contributed by atoms with Gasteiger partial charge in [-0.2, -0.15) is 13.2 Å². The van der Waals surface area contributed by atoms with Gasteiger partial charge in [0.1, 0.15) is 5.82 Å². The average molecular weight is 483 g/mol. The molecule has 1 aromatic rings. The van der Waals surface area contributed by atoms with E-state index >= 15 is 0 Å². The lowest BCUT2D eigenvalue weighted by atomic mass is 9.82. The van der Waals surface area contributed by atoms with Gasteiger partial charge in [0.15, 0.2) is 5.69 Å². The number of anilines is 1. The summed E-state index contributed by atoms with van der Waals surface area (Å²) in [5.74, 6) is 1.43. The van der Waals surface area contributed by atoms with Crippen molar-refractivity contribution in [2.75, 3.05) is 38.3 Å². The molecule has 188 valence electrons. The Morgan fingerprint density at radius 3 is 2.79 bits per heavy atom. The maximum atomic E-state index is 13.6. The number of aromatic nitrogens is 2. The van der Waals surface area contributed by atoms with E-state index < -0.39 is 11.9 Å². The van der Waals surface area contributed by atoms with Crippen molar-refractivity contribution in [3.63, 3.8) is 0 Å². The van der Waals surface area contributed by atoms with Crippen LogP contribution in [-0.4, -0.2) is 72.4 Å². The van der Waals surface area contributed by atoms with Gasteiger partial charge in [-0.3, -0.25) is 9.78 Å². The largest absolute Gasteiger partial charge is 0.434 e. The minimum absolute atomic E-state index is 0.0121. The zero-order valence-corrected chi connectivity index (χ0v) is 19.8. The second kappa shape index (κ2) is 8.93. The van der Waals surface area contributed by atoms with Gasteiger partial charge in [0.05, 0.1) is 37.2 Å². The number of amides is 1. The molecule has 6 atom stereocenters. The maximum absolute atomic E-state index is 13.6. The molecule has 10 heteroatoms. The third-order valence-corrected chi connectivity index (χ3v) is 8.45. The number of likely N-dealkylation sites (tertiary alicyclic amines) is 1. The van der Waals surface area contributed by atoms with E-state index in [1.165, 1.54) is 6.20 Å². The summed E-state index contributed by atoms with van der Waals surface area (Å²) in [6, 6.07) is -0.00434. The van der Waals surface area contributed by atoms with Crippen LogP contribution in [0, 0.1) is 17.3 Å². The lowest BCUT2D eigenvalue weighted by Gasteiger charge is -2.39. The predicted molar refractivity (Wildman–Crippen MR) is 118 cm³/mol. The Morgan fingerprint density at radius 1 is 1.26 bits per heavy atom. The summed E-state index contributed by atoms with van der Waals surface area (Å²) in [6.45, 7) is 4.55. The summed E-state index contributed by atoms with van der Waals surface area (Å²) < 4.78 is 50.4. The first kappa shape index (κ1) is 23.8. The Labute approximate surface area is 198 Å². The molecule has 4 fully saturated rings. The molecule has 4 aliphatic rings. The zero-order chi connectivity index (χ0) is 24.1. The summed E-state index contributed by atoms with van der Waals surface area (Å²) in [4.78, 5) is 25.1. The number of piperazine rings is 1. The van der Waals surface area contributed by atoms with Crippen molar-refractivity contribution in [3.8, 4) is 0 Å². The SMILES string of the molecule is CO[C@@H]1COCC[C@@H]1C[C@@H]1CC[C@](C)(C(=O)N2C[C@H]3C[C@@H]2CN3c2cncc(C(F)(F)F)n2)C1. The number of rotatable bonds is 5. The molecule has 0 spiro atoms. The predicted octanol–water partition coefficient (Wildman–Crippen LogP) is 3.53. The van der Waals surface area contributed by atoms with Crippen LogP contribution in [0.5, 0.6) is 0 Å². The Kier molecular flexibility index (Phi) is 6.25. The van der Waals surface area contributed by atoms with E-state index in [1.54, 1.807) is 7.11 Å². The van der Waals surface area contributed by atoms with Crippen molar-refractivity contribution < 1.29 is 27.4 Å². The van der Waals surface area contributed by atoms with E-state index in [-0.39, 0.29) is 35.3 Å². The van der Waals surface area contributed by atoms with Crippen LogP contribution in [0.2, 0.25) is 0 Å². The van der Waals surface area contributed by atoms with E-state index in [1.807, 2.05) is 9.80 Å². The van der Waals surface area contributed by atoms with Crippen molar-refractivity contribution in [2.45, 2.75) is 69.8 Å². The fourth-order valence-electron chi connectivity index (χ4n) is 6.65. The number of carbonyl (C=O) groups excluding carboxylic acids is 1. The first-order chi connectivity index (χ1) is 16.2. The fraction of sp³-hybridized carbons (Fsp3) is 0.792. The molecule has 1 amide bonds. The van der Waals surface area contributed by atoms with Gasteiger partial charge in [0.2, 0.25) is 5.91 Å². The molecule has 3 aliphatic heterocycles. The molecule has 5 rings (SSSR count). The van der Waals surface area contributed by atoms with E-state index in [4.69, 9.17) is 9.47 Å². The van der Waals surface area contributed by atoms with Crippen LogP contribution in [0.15, 0.2) is 12.4 Å². The smallest absolute Gasteiger partial charge is 0.379 e. The normalized spacial score (nSPS) is 35.9. The minimum Gasteiger partial charge on any atom is -0.379 e. The highest BCUT2D eigenvalue weighted by molar-refractivity contribution is 5.84. The summed E-state index contributed by atoms with van der Waals surface area (Å²) >= 11 is 0. The zero-order valence-electron chi connectivity index (χ0n) is 19.8. The van der Waals surface area contributed by atoms with Crippen LogP contribution >= 0.6 is 0 Å². The van der Waals surface area contributed by atoms with Crippen LogP contribution in [0.25, 0.3) is 0 Å². The molecule has 0 unspecified atom stereocenters. The number of carbonyl (C=O) groups is 1. The summed E-state index contributed by atoms with van der Waals surface area (Å²) in [7, 11) is 1.74. The molecule has 0 radical (unpaired) electrons. The molecule has 3 saturated heterocycles. The van der Waals surface area contributed by atoms with Gasteiger partial charge in [0, 0.05) is 32.2 Å². The lowest BCUT2D eigenvalue weighted by molar-refractivity contribution is -0.142. The molecular formula is C24H33F3N4O3. The van der Waals surface area contributed by atoms with Gasteiger partial charge in [-0.25, -0.2) is 4.98 Å². The molecule has 1 saturated carbocycles. The van der Waals surface area contributed by atoms with Crippen molar-refractivity contribution in [3.05, 3.63) is 18.1 Å². The molecule has 0 N–H and O–H groups in total. The molecule has 4 heterocycles. The highest BCUT2D eigenvalue weighted by atomic mass is 19.4. The monoisotopic (exact) mass is 482 g/mol. The number of methoxy groups -OCH3 is 1. The number of hydrogen-bond acceptors (Lipinski definition) is 6. The first-order valence-corrected chi connectivity index (χ1v) is 12.3. The van der Waals surface area contributed by atoms with Gasteiger partial charge >= 0.3 is 6.18 Å². The van der Waals surface area contributed by atoms with Crippen molar-refractivity contribution in [1.82, 2.24) is 14.9 Å². The Balaban J connectivity index is 1.20. The number of ether oxygens (including phenoxy) is 2. The van der Waals surface area contributed by atoms with E-state index in [2.05, 4.69) is 16.9 Å². The number of halogens is 3. The van der Waals surface area contributed by atoms with Gasteiger partial charge < -0.3 is 19.3 Å². The van der Waals surface area contributed by atoms with Crippen LogP contribution in [0.4, 0.5) is 19.0 Å². The third-order valence-electron chi connectivity index (χ3n) is 8.45. The summed E-state index contributed by atoms with van der Waals surface area (Å²) in [5.41, 5.74) is -1.35. The first-order valence-electron chi connectivity index (χ1n) is 12.3. The Hall–Kier alpha value is -1.94. The van der Waals surface area contributed by atoms with Gasteiger partial charge in [-0.15, -0.1) is 0 Å². The fourth-order valence-corrected chi connectivity index (χ4v) is 6.65. The second-order valence-electron chi connectivity index (χ2n) is 10.7. The van der Waals surface area contributed by atoms with E-state index in [9.17, 15) is 18.0 Å². The molecule has 0 aromatic carbocycles. The van der Waals surface area contributed by atoms with Crippen molar-refractivity contribution >= 4 is 11.7 Å². The summed E-state index contributed by atoms with van der Waals surface area (Å²) in [6.07, 6.45) is 3.40.